The molecule has 22 heavy (non-hydrogen) atoms. The Morgan fingerprint density at radius 2 is 1.68 bits per heavy atom. The average Bonchev–Trinajstić information content (AvgIpc) is 2.47. The molecule has 0 N–H and O–H groups in total. The highest BCUT2D eigenvalue weighted by molar-refractivity contribution is 5.15. The molecule has 0 nitrogen and oxygen atoms in total. The van der Waals surface area contributed by atoms with Crippen LogP contribution in [0.1, 0.15) is 101 Å². The summed E-state index contributed by atoms with van der Waals surface area (Å²) in [4.78, 5) is 0. The summed E-state index contributed by atoms with van der Waals surface area (Å²) in [5, 5.41) is 0. The Morgan fingerprint density at radius 1 is 1.09 bits per heavy atom. The second-order valence-electron chi connectivity index (χ2n) is 9.65. The van der Waals surface area contributed by atoms with E-state index < -0.39 is 0 Å². The van der Waals surface area contributed by atoms with E-state index in [0.717, 1.165) is 5.92 Å². The van der Waals surface area contributed by atoms with Crippen molar-refractivity contribution >= 4 is 0 Å². The van der Waals surface area contributed by atoms with Crippen LogP contribution in [-0.4, -0.2) is 0 Å². The predicted molar refractivity (Wildman–Crippen MR) is 101 cm³/mol. The third-order valence-electron chi connectivity index (χ3n) is 7.62. The van der Waals surface area contributed by atoms with Gasteiger partial charge in [-0.3, -0.25) is 0 Å². The van der Waals surface area contributed by atoms with Crippen LogP contribution in [0.15, 0.2) is 11.6 Å². The largest absolute Gasteiger partial charge is 0.0814 e. The van der Waals surface area contributed by atoms with Crippen molar-refractivity contribution in [3.05, 3.63) is 11.6 Å². The van der Waals surface area contributed by atoms with Crippen LogP contribution >= 0.6 is 0 Å². The van der Waals surface area contributed by atoms with Crippen molar-refractivity contribution in [2.75, 3.05) is 0 Å². The van der Waals surface area contributed by atoms with Crippen LogP contribution in [0, 0.1) is 28.1 Å². The molecule has 3 atom stereocenters. The van der Waals surface area contributed by atoms with E-state index >= 15 is 0 Å². The van der Waals surface area contributed by atoms with Gasteiger partial charge >= 0.3 is 0 Å². The maximum absolute atomic E-state index is 2.64. The molecule has 0 saturated carbocycles. The standard InChI is InChI=1S/C22H42/c1-10-20(5,6)19-13-12-17(3)22(9,11-2)15-14-21(7,8)18(4)16-19/h16-18H,10-15H2,1-9H3. The minimum Gasteiger partial charge on any atom is -0.0814 e. The van der Waals surface area contributed by atoms with E-state index in [1.807, 2.05) is 0 Å². The van der Waals surface area contributed by atoms with Crippen LogP contribution in [0.2, 0.25) is 0 Å². The lowest BCUT2D eigenvalue weighted by atomic mass is 9.63. The van der Waals surface area contributed by atoms with Crippen LogP contribution < -0.4 is 0 Å². The molecule has 1 aliphatic rings. The van der Waals surface area contributed by atoms with Gasteiger partial charge in [0.15, 0.2) is 0 Å². The Kier molecular flexibility index (Phi) is 6.38. The molecule has 3 unspecified atom stereocenters. The van der Waals surface area contributed by atoms with E-state index in [4.69, 9.17) is 0 Å². The highest BCUT2D eigenvalue weighted by atomic mass is 14.4. The van der Waals surface area contributed by atoms with E-state index in [2.05, 4.69) is 68.4 Å². The maximum atomic E-state index is 2.64. The van der Waals surface area contributed by atoms with Crippen LogP contribution in [0.5, 0.6) is 0 Å². The van der Waals surface area contributed by atoms with Gasteiger partial charge in [-0.25, -0.2) is 0 Å². The number of rotatable bonds is 3. The minimum absolute atomic E-state index is 0.353. The second kappa shape index (κ2) is 7.10. The molecule has 130 valence electrons. The molecular formula is C22H42. The lowest BCUT2D eigenvalue weighted by molar-refractivity contribution is 0.117. The monoisotopic (exact) mass is 306 g/mol. The normalized spacial score (nSPS) is 34.1. The molecule has 1 aliphatic carbocycles. The second-order valence-corrected chi connectivity index (χ2v) is 9.65. The molecule has 1 rings (SSSR count). The number of allylic oxidation sites excluding steroid dienone is 2. The fourth-order valence-corrected chi connectivity index (χ4v) is 3.73. The van der Waals surface area contributed by atoms with Crippen LogP contribution in [0.4, 0.5) is 0 Å². The molecule has 0 aromatic rings. The summed E-state index contributed by atoms with van der Waals surface area (Å²) in [6, 6.07) is 0. The Hall–Kier alpha value is -0.260. The van der Waals surface area contributed by atoms with Gasteiger partial charge in [-0.2, -0.15) is 0 Å². The molecule has 0 aromatic heterocycles. The minimum atomic E-state index is 0.353. The van der Waals surface area contributed by atoms with Crippen molar-refractivity contribution in [3.63, 3.8) is 0 Å². The third-order valence-corrected chi connectivity index (χ3v) is 7.62. The Morgan fingerprint density at radius 3 is 2.18 bits per heavy atom. The summed E-state index contributed by atoms with van der Waals surface area (Å²) >= 11 is 0. The first-order valence-electron chi connectivity index (χ1n) is 9.69. The number of hydrogen-bond donors (Lipinski definition) is 0. The molecule has 0 aromatic carbocycles. The predicted octanol–water partition coefficient (Wildman–Crippen LogP) is 7.64. The van der Waals surface area contributed by atoms with E-state index in [1.54, 1.807) is 5.57 Å². The Labute approximate surface area is 141 Å². The van der Waals surface area contributed by atoms with Crippen molar-refractivity contribution in [2.24, 2.45) is 28.1 Å². The van der Waals surface area contributed by atoms with Gasteiger partial charge in [-0.05, 0) is 60.2 Å². The van der Waals surface area contributed by atoms with Crippen LogP contribution in [0.25, 0.3) is 0 Å². The van der Waals surface area contributed by atoms with Crippen molar-refractivity contribution < 1.29 is 0 Å². The van der Waals surface area contributed by atoms with Gasteiger partial charge < -0.3 is 0 Å². The summed E-state index contributed by atoms with van der Waals surface area (Å²) < 4.78 is 0. The van der Waals surface area contributed by atoms with Crippen molar-refractivity contribution in [2.45, 2.75) is 101 Å². The topological polar surface area (TPSA) is 0 Å². The fraction of sp³-hybridized carbons (Fsp3) is 0.909. The van der Waals surface area contributed by atoms with E-state index in [9.17, 15) is 0 Å². The maximum Gasteiger partial charge on any atom is -0.0147 e. The van der Waals surface area contributed by atoms with Gasteiger partial charge in [0.25, 0.3) is 0 Å². The molecule has 0 radical (unpaired) electrons. The van der Waals surface area contributed by atoms with Gasteiger partial charge in [0, 0.05) is 0 Å². The Bertz CT molecular complexity index is 385. The smallest absolute Gasteiger partial charge is 0.0147 e. The van der Waals surface area contributed by atoms with E-state index in [0.29, 0.717) is 22.2 Å². The molecule has 0 spiro atoms. The highest BCUT2D eigenvalue weighted by Crippen LogP contribution is 2.47. The Balaban J connectivity index is 3.19. The lowest BCUT2D eigenvalue weighted by Gasteiger charge is -2.42. The van der Waals surface area contributed by atoms with Crippen LogP contribution in [-0.2, 0) is 0 Å². The summed E-state index contributed by atoms with van der Waals surface area (Å²) in [7, 11) is 0. The molecule has 0 saturated heterocycles. The molecular weight excluding hydrogens is 264 g/mol. The van der Waals surface area contributed by atoms with Gasteiger partial charge in [0.2, 0.25) is 0 Å². The van der Waals surface area contributed by atoms with Gasteiger partial charge in [-0.15, -0.1) is 0 Å². The first-order valence-corrected chi connectivity index (χ1v) is 9.69. The molecule has 0 fully saturated rings. The van der Waals surface area contributed by atoms with Gasteiger partial charge in [0.1, 0.15) is 0 Å². The van der Waals surface area contributed by atoms with Crippen molar-refractivity contribution in [3.8, 4) is 0 Å². The van der Waals surface area contributed by atoms with Crippen LogP contribution in [0.3, 0.4) is 0 Å². The summed E-state index contributed by atoms with van der Waals surface area (Å²) in [6.45, 7) is 22.1. The van der Waals surface area contributed by atoms with Crippen molar-refractivity contribution in [1.82, 2.24) is 0 Å². The van der Waals surface area contributed by atoms with Gasteiger partial charge in [0.05, 0.1) is 0 Å². The quantitative estimate of drug-likeness (QED) is 0.470. The van der Waals surface area contributed by atoms with E-state index in [1.165, 1.54) is 38.5 Å². The molecule has 0 heterocycles. The summed E-state index contributed by atoms with van der Waals surface area (Å²) in [5.74, 6) is 1.49. The third kappa shape index (κ3) is 4.39. The SMILES string of the molecule is CCC(C)(C)C1=CC(C)C(C)(C)CCC(C)(CC)C(C)CC1. The molecule has 0 aliphatic heterocycles. The lowest BCUT2D eigenvalue weighted by Crippen LogP contribution is -2.31. The summed E-state index contributed by atoms with van der Waals surface area (Å²) in [6.07, 6.45) is 10.6. The fourth-order valence-electron chi connectivity index (χ4n) is 3.73. The van der Waals surface area contributed by atoms with Crippen molar-refractivity contribution in [1.29, 1.82) is 0 Å². The zero-order chi connectivity index (χ0) is 17.2. The molecule has 0 heteroatoms. The first kappa shape index (κ1) is 19.8. The van der Waals surface area contributed by atoms with Gasteiger partial charge in [-0.1, -0.05) is 80.4 Å². The highest BCUT2D eigenvalue weighted by Gasteiger charge is 2.35. The zero-order valence-corrected chi connectivity index (χ0v) is 17.0. The van der Waals surface area contributed by atoms with E-state index in [-0.39, 0.29) is 0 Å². The first-order chi connectivity index (χ1) is 9.98. The summed E-state index contributed by atoms with van der Waals surface area (Å²) in [5.41, 5.74) is 2.98. The average molecular weight is 307 g/mol. The number of hydrogen-bond acceptors (Lipinski definition) is 0. The zero-order valence-electron chi connectivity index (χ0n) is 17.0. The molecule has 0 bridgehead atoms. The molecule has 0 amide bonds.